The number of hydrogen-bond donors (Lipinski definition) is 1. The normalized spacial score (nSPS) is 11.3. The second-order valence-electron chi connectivity index (χ2n) is 7.33. The third-order valence-corrected chi connectivity index (χ3v) is 5.72. The molecule has 0 bridgehead atoms. The molecule has 1 N–H and O–H groups in total. The number of carbonyl (C=O) groups is 1. The van der Waals surface area contributed by atoms with E-state index in [2.05, 4.69) is 37.1 Å². The number of nitrogens with zero attached hydrogens (tertiary/aromatic N) is 2. The summed E-state index contributed by atoms with van der Waals surface area (Å²) in [7, 11) is 0. The van der Waals surface area contributed by atoms with E-state index in [-0.39, 0.29) is 18.1 Å². The summed E-state index contributed by atoms with van der Waals surface area (Å²) in [5, 5.41) is 5.25. The molecule has 31 heavy (non-hydrogen) atoms. The number of para-hydroxylation sites is 1. The highest BCUT2D eigenvalue weighted by Crippen LogP contribution is 2.25. The lowest BCUT2D eigenvalue weighted by Crippen LogP contribution is -2.19. The molecule has 4 nitrogen and oxygen atoms in total. The van der Waals surface area contributed by atoms with Crippen molar-refractivity contribution in [1.29, 1.82) is 0 Å². The third kappa shape index (κ3) is 4.91. The fraction of sp³-hybridized carbons (Fsp3) is 0.120. The van der Waals surface area contributed by atoms with Gasteiger partial charge in [-0.25, -0.2) is 9.82 Å². The van der Waals surface area contributed by atoms with Crippen LogP contribution in [0.1, 0.15) is 22.4 Å². The maximum absolute atomic E-state index is 13.3. The van der Waals surface area contributed by atoms with E-state index in [1.165, 1.54) is 12.1 Å². The molecule has 1 heterocycles. The highest BCUT2D eigenvalue weighted by molar-refractivity contribution is 9.10. The molecule has 0 radical (unpaired) electrons. The molecule has 0 fully saturated rings. The Labute approximate surface area is 188 Å². The second-order valence-corrected chi connectivity index (χ2v) is 8.24. The molecule has 6 heteroatoms. The van der Waals surface area contributed by atoms with Crippen LogP contribution in [-0.4, -0.2) is 16.7 Å². The Bertz CT molecular complexity index is 1240. The van der Waals surface area contributed by atoms with Crippen LogP contribution in [0.25, 0.3) is 10.9 Å². The third-order valence-electron chi connectivity index (χ3n) is 5.19. The van der Waals surface area contributed by atoms with Gasteiger partial charge in [0.15, 0.2) is 0 Å². The topological polar surface area (TPSA) is 46.4 Å². The number of rotatable bonds is 6. The van der Waals surface area contributed by atoms with Crippen molar-refractivity contribution in [2.45, 2.75) is 19.9 Å². The van der Waals surface area contributed by atoms with Crippen LogP contribution in [0.4, 0.5) is 4.39 Å². The molecule has 4 rings (SSSR count). The first kappa shape index (κ1) is 21.0. The summed E-state index contributed by atoms with van der Waals surface area (Å²) in [5.41, 5.74) is 7.58. The molecule has 1 amide bonds. The number of hydrogen-bond acceptors (Lipinski definition) is 2. The highest BCUT2D eigenvalue weighted by Gasteiger charge is 2.13. The van der Waals surface area contributed by atoms with E-state index in [1.54, 1.807) is 18.3 Å². The lowest BCUT2D eigenvalue weighted by atomic mass is 10.1. The molecule has 0 aliphatic heterocycles. The van der Waals surface area contributed by atoms with Gasteiger partial charge in [-0.1, -0.05) is 58.4 Å². The van der Waals surface area contributed by atoms with E-state index in [0.29, 0.717) is 6.54 Å². The quantitative estimate of drug-likeness (QED) is 0.285. The van der Waals surface area contributed by atoms with E-state index in [0.717, 1.165) is 37.8 Å². The largest absolute Gasteiger partial charge is 0.340 e. The Morgan fingerprint density at radius 3 is 2.45 bits per heavy atom. The van der Waals surface area contributed by atoms with Gasteiger partial charge in [0.1, 0.15) is 5.82 Å². The van der Waals surface area contributed by atoms with Crippen molar-refractivity contribution in [1.82, 2.24) is 9.99 Å². The molecule has 1 aromatic heterocycles. The zero-order chi connectivity index (χ0) is 21.8. The van der Waals surface area contributed by atoms with Crippen LogP contribution in [0.3, 0.4) is 0 Å². The van der Waals surface area contributed by atoms with Gasteiger partial charge in [-0.15, -0.1) is 0 Å². The second kappa shape index (κ2) is 9.27. The SMILES string of the molecule is Cc1c(/C=N/NC(=O)Cc2ccc(Br)cc2)c2ccccc2n1Cc1ccc(F)cc1. The van der Waals surface area contributed by atoms with Gasteiger partial charge in [0, 0.05) is 33.2 Å². The van der Waals surface area contributed by atoms with Crippen LogP contribution in [0, 0.1) is 12.7 Å². The van der Waals surface area contributed by atoms with Gasteiger partial charge in [0.25, 0.3) is 0 Å². The average molecular weight is 478 g/mol. The van der Waals surface area contributed by atoms with Crippen molar-refractivity contribution in [2.75, 3.05) is 0 Å². The van der Waals surface area contributed by atoms with Crippen molar-refractivity contribution in [2.24, 2.45) is 5.10 Å². The fourth-order valence-corrected chi connectivity index (χ4v) is 3.86. The summed E-state index contributed by atoms with van der Waals surface area (Å²) in [4.78, 5) is 12.2. The molecule has 0 saturated carbocycles. The smallest absolute Gasteiger partial charge is 0.244 e. The number of benzene rings is 3. The minimum absolute atomic E-state index is 0.175. The molecule has 0 saturated heterocycles. The van der Waals surface area contributed by atoms with Gasteiger partial charge >= 0.3 is 0 Å². The van der Waals surface area contributed by atoms with Crippen molar-refractivity contribution in [3.05, 3.63) is 105 Å². The Hall–Kier alpha value is -3.25. The number of nitrogens with one attached hydrogen (secondary N) is 1. The van der Waals surface area contributed by atoms with E-state index in [9.17, 15) is 9.18 Å². The number of hydrazone groups is 1. The van der Waals surface area contributed by atoms with Crippen LogP contribution in [0.5, 0.6) is 0 Å². The van der Waals surface area contributed by atoms with Crippen LogP contribution >= 0.6 is 15.9 Å². The Balaban J connectivity index is 1.54. The van der Waals surface area contributed by atoms with Gasteiger partial charge in [-0.2, -0.15) is 5.10 Å². The minimum Gasteiger partial charge on any atom is -0.340 e. The summed E-state index contributed by atoms with van der Waals surface area (Å²) < 4.78 is 16.4. The maximum atomic E-state index is 13.3. The standard InChI is InChI=1S/C25H21BrFN3O/c1-17-23(15-28-29-25(31)14-18-6-10-20(26)11-7-18)22-4-2-3-5-24(22)30(17)16-19-8-12-21(27)13-9-19/h2-13,15H,14,16H2,1H3,(H,29,31)/b28-15+. The van der Waals surface area contributed by atoms with E-state index in [1.807, 2.05) is 49.4 Å². The molecule has 4 aromatic rings. The van der Waals surface area contributed by atoms with Gasteiger partial charge in [-0.3, -0.25) is 4.79 Å². The zero-order valence-electron chi connectivity index (χ0n) is 17.0. The lowest BCUT2D eigenvalue weighted by molar-refractivity contribution is -0.120. The zero-order valence-corrected chi connectivity index (χ0v) is 18.6. The number of aromatic nitrogens is 1. The van der Waals surface area contributed by atoms with Crippen LogP contribution in [0.2, 0.25) is 0 Å². The van der Waals surface area contributed by atoms with E-state index in [4.69, 9.17) is 0 Å². The van der Waals surface area contributed by atoms with E-state index < -0.39 is 0 Å². The van der Waals surface area contributed by atoms with Gasteiger partial charge in [0.05, 0.1) is 12.6 Å². The molecule has 0 unspecified atom stereocenters. The van der Waals surface area contributed by atoms with Gasteiger partial charge in [-0.05, 0) is 48.4 Å². The lowest BCUT2D eigenvalue weighted by Gasteiger charge is -2.08. The summed E-state index contributed by atoms with van der Waals surface area (Å²) in [6.07, 6.45) is 1.95. The Morgan fingerprint density at radius 1 is 1.03 bits per heavy atom. The predicted octanol–water partition coefficient (Wildman–Crippen LogP) is 5.59. The fourth-order valence-electron chi connectivity index (χ4n) is 3.59. The number of amides is 1. The molecule has 0 aliphatic rings. The predicted molar refractivity (Wildman–Crippen MR) is 126 cm³/mol. The van der Waals surface area contributed by atoms with Crippen LogP contribution in [-0.2, 0) is 17.8 Å². The molecule has 0 atom stereocenters. The Kier molecular flexibility index (Phi) is 6.28. The average Bonchev–Trinajstić information content (AvgIpc) is 3.03. The monoisotopic (exact) mass is 477 g/mol. The van der Waals surface area contributed by atoms with Crippen LogP contribution < -0.4 is 5.43 Å². The first-order valence-electron chi connectivity index (χ1n) is 9.90. The van der Waals surface area contributed by atoms with Crippen molar-refractivity contribution in [3.63, 3.8) is 0 Å². The summed E-state index contributed by atoms with van der Waals surface area (Å²) >= 11 is 3.39. The molecular weight excluding hydrogens is 457 g/mol. The molecule has 0 spiro atoms. The highest BCUT2D eigenvalue weighted by atomic mass is 79.9. The first-order chi connectivity index (χ1) is 15.0. The number of fused-ring (bicyclic) bond motifs is 1. The molecule has 0 aliphatic carbocycles. The van der Waals surface area contributed by atoms with Crippen LogP contribution in [0.15, 0.2) is 82.4 Å². The first-order valence-corrected chi connectivity index (χ1v) is 10.7. The van der Waals surface area contributed by atoms with Gasteiger partial charge in [0.2, 0.25) is 5.91 Å². The minimum atomic E-state index is -0.246. The maximum Gasteiger partial charge on any atom is 0.244 e. The molecule has 156 valence electrons. The van der Waals surface area contributed by atoms with Gasteiger partial charge < -0.3 is 4.57 Å². The number of halogens is 2. The summed E-state index contributed by atoms with van der Waals surface area (Å²) in [6, 6.07) is 22.2. The summed E-state index contributed by atoms with van der Waals surface area (Å²) in [5.74, 6) is -0.421. The number of carbonyl (C=O) groups excluding carboxylic acids is 1. The van der Waals surface area contributed by atoms with E-state index >= 15 is 0 Å². The summed E-state index contributed by atoms with van der Waals surface area (Å²) in [6.45, 7) is 2.64. The molecular formula is C25H21BrFN3O. The van der Waals surface area contributed by atoms with Crippen molar-refractivity contribution < 1.29 is 9.18 Å². The van der Waals surface area contributed by atoms with Crippen molar-refractivity contribution in [3.8, 4) is 0 Å². The molecule has 3 aromatic carbocycles. The van der Waals surface area contributed by atoms with Crippen molar-refractivity contribution >= 4 is 39.0 Å². The Morgan fingerprint density at radius 2 is 1.71 bits per heavy atom.